The van der Waals surface area contributed by atoms with Crippen molar-refractivity contribution in [1.82, 2.24) is 0 Å². The van der Waals surface area contributed by atoms with Gasteiger partial charge in [-0.1, -0.05) is 95.0 Å². The summed E-state index contributed by atoms with van der Waals surface area (Å²) in [7, 11) is -0.434. The van der Waals surface area contributed by atoms with Gasteiger partial charge in [-0.2, -0.15) is 0 Å². The molecule has 1 fully saturated rings. The fourth-order valence-corrected chi connectivity index (χ4v) is 3.30. The van der Waals surface area contributed by atoms with Crippen LogP contribution < -0.4 is 35.7 Å². The van der Waals surface area contributed by atoms with Crippen LogP contribution in [-0.4, -0.2) is 14.8 Å². The van der Waals surface area contributed by atoms with Crippen molar-refractivity contribution in [3.63, 3.8) is 0 Å². The second kappa shape index (κ2) is 17.3. The molecule has 163 valence electrons. The van der Waals surface area contributed by atoms with Crippen molar-refractivity contribution >= 4 is 14.8 Å². The maximum absolute atomic E-state index is 10.6. The molecule has 7 heteroatoms. The van der Waals surface area contributed by atoms with Gasteiger partial charge in [0.1, 0.15) is 0 Å². The minimum absolute atomic E-state index is 0. The monoisotopic (exact) mass is 492 g/mol. The molecular weight excluding hydrogens is 457 g/mol. The van der Waals surface area contributed by atoms with Crippen LogP contribution in [-0.2, 0) is 33.1 Å². The fourth-order valence-electron chi connectivity index (χ4n) is 2.73. The van der Waals surface area contributed by atoms with Crippen molar-refractivity contribution in [1.29, 1.82) is 0 Å². The summed E-state index contributed by atoms with van der Waals surface area (Å²) in [5.74, 6) is -0.671. The fraction of sp³-hybridized carbons (Fsp3) is 0.500. The van der Waals surface area contributed by atoms with Gasteiger partial charge in [0.15, 0.2) is 0 Å². The maximum Gasteiger partial charge on any atom is 3.00 e. The topological polar surface area (TPSA) is 66.1 Å². The second-order valence-electron chi connectivity index (χ2n) is 7.78. The quantitative estimate of drug-likeness (QED) is 0.380. The first-order valence-corrected chi connectivity index (χ1v) is 12.3. The maximum atomic E-state index is 10.6. The van der Waals surface area contributed by atoms with Crippen LogP contribution in [0.25, 0.3) is 0 Å². The van der Waals surface area contributed by atoms with Crippen molar-refractivity contribution in [3.8, 4) is 0 Å². The normalized spacial score (nSPS) is 20.8. The molecule has 0 aromatic heterocycles. The van der Waals surface area contributed by atoms with Gasteiger partial charge in [-0.15, -0.1) is 0 Å². The summed E-state index contributed by atoms with van der Waals surface area (Å²) in [5.41, 5.74) is 8.18. The molecule has 3 nitrogen and oxygen atoms in total. The molecule has 2 rings (SSSR count). The number of hydrogen-bond acceptors (Lipinski definition) is 3. The number of nitrogens with two attached hydrogens (primary N) is 1. The standard InChI is InChI=1S/C8H14O2.C7H9N.C7H14Si.2ClH.Ti/c1-5-7(2,3)8(5,4)6(9)10;8-6-7-4-2-1-3-5-7;1-4-5-6-7-8(2)3;;;/h5H,1-4H3,(H,9,10);1-5H,6,8H2;4-8H,1-3H3;2*1H;/q;;;;;+3/p-3. The number of carboxylic acid groups (broad SMARTS) is 1. The smallest absolute Gasteiger partial charge is 1.00 e. The molecule has 0 heterocycles. The van der Waals surface area contributed by atoms with Crippen LogP contribution in [0.3, 0.4) is 0 Å². The second-order valence-corrected chi connectivity index (χ2v) is 10.7. The molecule has 1 radical (unpaired) electrons. The van der Waals surface area contributed by atoms with Crippen molar-refractivity contribution in [2.45, 2.75) is 54.3 Å². The Bertz CT molecular complexity index is 610. The minimum atomic E-state index is -0.912. The SMILES string of the molecule is CC1C(C)(C)C1(C)C(=O)[O-].CC=CC=C[SiH](C)C.NCc1ccccc1.[Cl-].[Cl-].[Ti+3]. The predicted octanol–water partition coefficient (Wildman–Crippen LogP) is -2.29. The van der Waals surface area contributed by atoms with E-state index in [4.69, 9.17) is 5.73 Å². The van der Waals surface area contributed by atoms with E-state index in [-0.39, 0.29) is 57.9 Å². The van der Waals surface area contributed by atoms with E-state index in [2.05, 4.69) is 30.9 Å². The Balaban J connectivity index is -0.000000155. The van der Waals surface area contributed by atoms with Gasteiger partial charge >= 0.3 is 21.7 Å². The number of carbonyl (C=O) groups excluding carboxylic acids is 1. The number of carbonyl (C=O) groups is 1. The van der Waals surface area contributed by atoms with Crippen LogP contribution >= 0.6 is 0 Å². The van der Waals surface area contributed by atoms with Crippen molar-refractivity contribution in [3.05, 3.63) is 59.8 Å². The van der Waals surface area contributed by atoms with Gasteiger partial charge in [-0.25, -0.2) is 0 Å². The van der Waals surface area contributed by atoms with Gasteiger partial charge < -0.3 is 40.4 Å². The first kappa shape index (κ1) is 36.0. The molecule has 1 aromatic carbocycles. The van der Waals surface area contributed by atoms with E-state index in [9.17, 15) is 9.90 Å². The first-order chi connectivity index (χ1) is 12.0. The number of allylic oxidation sites excluding steroid dienone is 3. The van der Waals surface area contributed by atoms with E-state index in [0.29, 0.717) is 6.54 Å². The molecule has 2 N–H and O–H groups in total. The van der Waals surface area contributed by atoms with Gasteiger partial charge in [-0.3, -0.25) is 0 Å². The van der Waals surface area contributed by atoms with Gasteiger partial charge in [0, 0.05) is 17.9 Å². The Morgan fingerprint density at radius 2 is 1.59 bits per heavy atom. The molecule has 1 aliphatic rings. The van der Waals surface area contributed by atoms with Crippen LogP contribution in [0.5, 0.6) is 0 Å². The summed E-state index contributed by atoms with van der Waals surface area (Å²) >= 11 is 0. The van der Waals surface area contributed by atoms with E-state index in [1.54, 1.807) is 6.92 Å². The van der Waals surface area contributed by atoms with Gasteiger partial charge in [-0.05, 0) is 23.8 Å². The zero-order valence-electron chi connectivity index (χ0n) is 18.7. The van der Waals surface area contributed by atoms with Crippen LogP contribution in [0.2, 0.25) is 13.1 Å². The van der Waals surface area contributed by atoms with Crippen LogP contribution in [0.4, 0.5) is 0 Å². The van der Waals surface area contributed by atoms with Crippen molar-refractivity contribution in [2.75, 3.05) is 0 Å². The van der Waals surface area contributed by atoms with E-state index in [1.165, 1.54) is 5.56 Å². The van der Waals surface area contributed by atoms with Crippen LogP contribution in [0.1, 0.15) is 40.2 Å². The van der Waals surface area contributed by atoms with Crippen LogP contribution in [0, 0.1) is 16.7 Å². The average Bonchev–Trinajstić information content (AvgIpc) is 3.01. The summed E-state index contributed by atoms with van der Waals surface area (Å²) in [5, 5.41) is 10.6. The third-order valence-corrected chi connectivity index (χ3v) is 6.50. The zero-order valence-corrected chi connectivity index (χ0v) is 22.9. The molecular formula is C22H36Cl2NO2SiTi. The Morgan fingerprint density at radius 1 is 1.14 bits per heavy atom. The Morgan fingerprint density at radius 3 is 1.79 bits per heavy atom. The van der Waals surface area contributed by atoms with E-state index < -0.39 is 20.2 Å². The molecule has 1 aromatic rings. The third kappa shape index (κ3) is 11.6. The summed E-state index contributed by atoms with van der Waals surface area (Å²) in [6.07, 6.45) is 6.26. The molecule has 0 amide bonds. The number of hydrogen-bond donors (Lipinski definition) is 1. The number of rotatable bonds is 4. The van der Waals surface area contributed by atoms with Gasteiger partial charge in [0.25, 0.3) is 0 Å². The largest absolute Gasteiger partial charge is 3.00 e. The number of carboxylic acids is 1. The third-order valence-electron chi connectivity index (χ3n) is 5.51. The molecule has 1 saturated carbocycles. The average molecular weight is 493 g/mol. The van der Waals surface area contributed by atoms with Gasteiger partial charge in [0.05, 0.1) is 8.80 Å². The number of halogens is 2. The molecule has 2 unspecified atom stereocenters. The molecule has 29 heavy (non-hydrogen) atoms. The van der Waals surface area contributed by atoms with Crippen molar-refractivity contribution in [2.24, 2.45) is 22.5 Å². The Hall–Kier alpha value is -0.359. The molecule has 2 atom stereocenters. The predicted molar refractivity (Wildman–Crippen MR) is 113 cm³/mol. The van der Waals surface area contributed by atoms with Crippen LogP contribution in [0.15, 0.2) is 54.3 Å². The zero-order chi connectivity index (χ0) is 20.4. The summed E-state index contributed by atoms with van der Waals surface area (Å²) < 4.78 is 0. The molecule has 0 spiro atoms. The Kier molecular flexibility index (Phi) is 21.5. The Labute approximate surface area is 206 Å². The molecule has 0 aliphatic heterocycles. The summed E-state index contributed by atoms with van der Waals surface area (Å²) in [4.78, 5) is 10.6. The summed E-state index contributed by atoms with van der Waals surface area (Å²) in [6, 6.07) is 9.99. The first-order valence-electron chi connectivity index (χ1n) is 9.30. The van der Waals surface area contributed by atoms with Crippen molar-refractivity contribution < 1.29 is 56.4 Å². The van der Waals surface area contributed by atoms with Gasteiger partial charge in [0.2, 0.25) is 0 Å². The van der Waals surface area contributed by atoms with E-state index >= 15 is 0 Å². The summed E-state index contributed by atoms with van der Waals surface area (Å²) in [6.45, 7) is 14.9. The minimum Gasteiger partial charge on any atom is -1.00 e. The number of aliphatic carboxylic acids is 1. The molecule has 0 saturated heterocycles. The molecule has 1 aliphatic carbocycles. The van der Waals surface area contributed by atoms with E-state index in [1.807, 2.05) is 64.1 Å². The number of benzene rings is 1. The molecule has 0 bridgehead atoms. The van der Waals surface area contributed by atoms with E-state index in [0.717, 1.165) is 0 Å².